The second-order valence-corrected chi connectivity index (χ2v) is 3.23. The van der Waals surface area contributed by atoms with Crippen LogP contribution in [0, 0.1) is 5.92 Å². The maximum absolute atomic E-state index is 3.74. The molecule has 0 aliphatic carbocycles. The smallest absolute Gasteiger partial charge is 0.0232 e. The van der Waals surface area contributed by atoms with Gasteiger partial charge in [-0.15, -0.1) is 19.7 Å². The Morgan fingerprint density at radius 2 is 1.00 bits per heavy atom. The summed E-state index contributed by atoms with van der Waals surface area (Å²) in [5, 5.41) is 0. The van der Waals surface area contributed by atoms with E-state index in [1.807, 2.05) is 18.2 Å². The normalized spacial score (nSPS) is 9.92. The second-order valence-electron chi connectivity index (χ2n) is 3.23. The minimum atomic E-state index is 1.10. The third kappa shape index (κ3) is 7.58. The standard InChI is InChI=1S/C13H21/c1-4-7-10-13(11-8-5-2)12-9-6-3/h4-6H,1-3,7-12H2. The van der Waals surface area contributed by atoms with E-state index in [1.54, 1.807) is 5.92 Å². The third-order valence-corrected chi connectivity index (χ3v) is 2.11. The van der Waals surface area contributed by atoms with Crippen LogP contribution in [0.15, 0.2) is 38.0 Å². The minimum Gasteiger partial charge on any atom is -0.103 e. The highest BCUT2D eigenvalue weighted by Crippen LogP contribution is 2.22. The van der Waals surface area contributed by atoms with E-state index >= 15 is 0 Å². The van der Waals surface area contributed by atoms with Gasteiger partial charge in [-0.05, 0) is 44.4 Å². The van der Waals surface area contributed by atoms with E-state index in [9.17, 15) is 0 Å². The molecule has 0 aromatic carbocycles. The van der Waals surface area contributed by atoms with Crippen LogP contribution in [-0.4, -0.2) is 0 Å². The van der Waals surface area contributed by atoms with E-state index < -0.39 is 0 Å². The molecule has 0 saturated heterocycles. The monoisotopic (exact) mass is 177 g/mol. The first-order valence-electron chi connectivity index (χ1n) is 5.01. The Bertz CT molecular complexity index is 116. The zero-order valence-corrected chi connectivity index (χ0v) is 8.60. The Kier molecular flexibility index (Phi) is 8.75. The van der Waals surface area contributed by atoms with Crippen molar-refractivity contribution in [2.24, 2.45) is 0 Å². The molecule has 0 bridgehead atoms. The van der Waals surface area contributed by atoms with E-state index in [2.05, 4.69) is 19.7 Å². The summed E-state index contributed by atoms with van der Waals surface area (Å²) in [7, 11) is 0. The molecule has 0 amide bonds. The SMILES string of the molecule is C=CCC[C](CCC=C)CCC=C. The largest absolute Gasteiger partial charge is 0.103 e. The molecule has 0 heteroatoms. The highest BCUT2D eigenvalue weighted by atomic mass is 14.1. The number of allylic oxidation sites excluding steroid dienone is 3. The van der Waals surface area contributed by atoms with Gasteiger partial charge < -0.3 is 0 Å². The summed E-state index contributed by atoms with van der Waals surface area (Å²) in [6.07, 6.45) is 12.8. The van der Waals surface area contributed by atoms with Crippen molar-refractivity contribution in [2.75, 3.05) is 0 Å². The van der Waals surface area contributed by atoms with Crippen molar-refractivity contribution in [1.29, 1.82) is 0 Å². The number of hydrogen-bond acceptors (Lipinski definition) is 0. The quantitative estimate of drug-likeness (QED) is 0.456. The Morgan fingerprint density at radius 3 is 1.23 bits per heavy atom. The van der Waals surface area contributed by atoms with Gasteiger partial charge in [0.15, 0.2) is 0 Å². The summed E-state index contributed by atoms with van der Waals surface area (Å²) in [5.74, 6) is 1.62. The van der Waals surface area contributed by atoms with Gasteiger partial charge in [0.1, 0.15) is 0 Å². The summed E-state index contributed by atoms with van der Waals surface area (Å²) in [5.41, 5.74) is 0. The highest BCUT2D eigenvalue weighted by Gasteiger charge is 2.05. The van der Waals surface area contributed by atoms with Crippen LogP contribution < -0.4 is 0 Å². The third-order valence-electron chi connectivity index (χ3n) is 2.11. The molecule has 0 N–H and O–H groups in total. The molecular weight excluding hydrogens is 156 g/mol. The van der Waals surface area contributed by atoms with Crippen LogP contribution in [0.2, 0.25) is 0 Å². The summed E-state index contributed by atoms with van der Waals surface area (Å²) in [4.78, 5) is 0. The van der Waals surface area contributed by atoms with Gasteiger partial charge in [0.2, 0.25) is 0 Å². The molecule has 73 valence electrons. The Balaban J connectivity index is 3.64. The van der Waals surface area contributed by atoms with Crippen LogP contribution >= 0.6 is 0 Å². The van der Waals surface area contributed by atoms with E-state index in [-0.39, 0.29) is 0 Å². The summed E-state index contributed by atoms with van der Waals surface area (Å²) < 4.78 is 0. The lowest BCUT2D eigenvalue weighted by atomic mass is 9.93. The van der Waals surface area contributed by atoms with E-state index in [0.717, 1.165) is 19.3 Å². The van der Waals surface area contributed by atoms with Crippen LogP contribution in [0.5, 0.6) is 0 Å². The van der Waals surface area contributed by atoms with Crippen LogP contribution in [0.25, 0.3) is 0 Å². The molecule has 0 rings (SSSR count). The van der Waals surface area contributed by atoms with Gasteiger partial charge in [-0.1, -0.05) is 18.2 Å². The highest BCUT2D eigenvalue weighted by molar-refractivity contribution is 4.95. The van der Waals surface area contributed by atoms with Crippen molar-refractivity contribution < 1.29 is 0 Å². The molecule has 0 unspecified atom stereocenters. The van der Waals surface area contributed by atoms with Crippen molar-refractivity contribution in [2.45, 2.75) is 38.5 Å². The van der Waals surface area contributed by atoms with Gasteiger partial charge in [0.05, 0.1) is 0 Å². The Morgan fingerprint density at radius 1 is 0.692 bits per heavy atom. The first kappa shape index (κ1) is 12.2. The Hall–Kier alpha value is -0.780. The molecule has 13 heavy (non-hydrogen) atoms. The first-order chi connectivity index (χ1) is 6.35. The maximum Gasteiger partial charge on any atom is -0.0232 e. The average molecular weight is 177 g/mol. The van der Waals surface area contributed by atoms with Crippen molar-refractivity contribution in [3.63, 3.8) is 0 Å². The molecular formula is C13H21. The fourth-order valence-corrected chi connectivity index (χ4v) is 1.29. The zero-order chi connectivity index (χ0) is 9.94. The molecule has 0 saturated carbocycles. The minimum absolute atomic E-state index is 1.10. The lowest BCUT2D eigenvalue weighted by molar-refractivity contribution is 0.662. The van der Waals surface area contributed by atoms with Crippen molar-refractivity contribution in [1.82, 2.24) is 0 Å². The fraction of sp³-hybridized carbons (Fsp3) is 0.462. The molecule has 0 aliphatic heterocycles. The van der Waals surface area contributed by atoms with Gasteiger partial charge in [0.25, 0.3) is 0 Å². The molecule has 0 fully saturated rings. The second kappa shape index (κ2) is 9.31. The van der Waals surface area contributed by atoms with Gasteiger partial charge >= 0.3 is 0 Å². The summed E-state index contributed by atoms with van der Waals surface area (Å²) in [6.45, 7) is 11.2. The molecule has 0 spiro atoms. The number of rotatable bonds is 9. The van der Waals surface area contributed by atoms with Crippen LogP contribution in [0.3, 0.4) is 0 Å². The fourth-order valence-electron chi connectivity index (χ4n) is 1.29. The molecule has 0 aliphatic rings. The molecule has 0 aromatic rings. The van der Waals surface area contributed by atoms with Crippen LogP contribution in [0.4, 0.5) is 0 Å². The van der Waals surface area contributed by atoms with Gasteiger partial charge in [-0.25, -0.2) is 0 Å². The topological polar surface area (TPSA) is 0 Å². The maximum atomic E-state index is 3.74. The van der Waals surface area contributed by atoms with E-state index in [4.69, 9.17) is 0 Å². The van der Waals surface area contributed by atoms with Crippen molar-refractivity contribution in [3.05, 3.63) is 43.9 Å². The van der Waals surface area contributed by atoms with Crippen LogP contribution in [0.1, 0.15) is 38.5 Å². The molecule has 0 nitrogen and oxygen atoms in total. The summed E-state index contributed by atoms with van der Waals surface area (Å²) in [6, 6.07) is 0. The van der Waals surface area contributed by atoms with Gasteiger partial charge in [-0.2, -0.15) is 0 Å². The Labute approximate surface area is 83.0 Å². The lowest BCUT2D eigenvalue weighted by Crippen LogP contribution is -1.96. The van der Waals surface area contributed by atoms with Crippen molar-refractivity contribution >= 4 is 0 Å². The summed E-state index contributed by atoms with van der Waals surface area (Å²) >= 11 is 0. The first-order valence-corrected chi connectivity index (χ1v) is 5.01. The van der Waals surface area contributed by atoms with E-state index in [1.165, 1.54) is 19.3 Å². The molecule has 0 atom stereocenters. The molecule has 0 aromatic heterocycles. The van der Waals surface area contributed by atoms with Crippen LogP contribution in [-0.2, 0) is 0 Å². The van der Waals surface area contributed by atoms with Gasteiger partial charge in [0, 0.05) is 0 Å². The van der Waals surface area contributed by atoms with E-state index in [0.29, 0.717) is 0 Å². The molecule has 0 heterocycles. The number of hydrogen-bond donors (Lipinski definition) is 0. The van der Waals surface area contributed by atoms with Gasteiger partial charge in [-0.3, -0.25) is 0 Å². The predicted molar refractivity (Wildman–Crippen MR) is 61.5 cm³/mol. The predicted octanol–water partition coefficient (Wildman–Crippen LogP) is 4.46. The zero-order valence-electron chi connectivity index (χ0n) is 8.60. The van der Waals surface area contributed by atoms with Crippen molar-refractivity contribution in [3.8, 4) is 0 Å². The lowest BCUT2D eigenvalue weighted by Gasteiger charge is -2.12. The average Bonchev–Trinajstić information content (AvgIpc) is 2.17. The molecule has 1 radical (unpaired) electrons.